The fourth-order valence-electron chi connectivity index (χ4n) is 6.25. The van der Waals surface area contributed by atoms with Crippen molar-refractivity contribution in [1.29, 1.82) is 0 Å². The molecule has 50 heavy (non-hydrogen) atoms. The van der Waals surface area contributed by atoms with Crippen molar-refractivity contribution in [3.63, 3.8) is 0 Å². The van der Waals surface area contributed by atoms with Crippen molar-refractivity contribution in [3.05, 3.63) is 108 Å². The first-order valence-electron chi connectivity index (χ1n) is 17.3. The van der Waals surface area contributed by atoms with Gasteiger partial charge in [-0.2, -0.15) is 5.10 Å². The van der Waals surface area contributed by atoms with E-state index >= 15 is 0 Å². The van der Waals surface area contributed by atoms with Crippen LogP contribution < -0.4 is 15.9 Å². The zero-order valence-corrected chi connectivity index (χ0v) is 29.9. The number of likely N-dealkylation sites (N-methyl/N-ethyl adjacent to an activating group) is 2. The topological polar surface area (TPSA) is 123 Å². The summed E-state index contributed by atoms with van der Waals surface area (Å²) >= 11 is 0. The van der Waals surface area contributed by atoms with E-state index < -0.39 is 5.41 Å². The molecule has 1 atom stereocenters. The molecular weight excluding hydrogens is 626 g/mol. The number of aromatic nitrogens is 5. The van der Waals surface area contributed by atoms with Crippen molar-refractivity contribution < 1.29 is 9.59 Å². The molecule has 264 valence electrons. The summed E-state index contributed by atoms with van der Waals surface area (Å²) in [6.45, 7) is 17.5. The van der Waals surface area contributed by atoms with E-state index in [1.54, 1.807) is 37.1 Å². The Labute approximate surface area is 295 Å². The summed E-state index contributed by atoms with van der Waals surface area (Å²) in [6, 6.07) is 3.77. The third-order valence-electron chi connectivity index (χ3n) is 9.14. The number of nitrogens with zero attached hydrogens (tertiary/aromatic N) is 7. The van der Waals surface area contributed by atoms with Crippen LogP contribution in [0, 0.1) is 5.41 Å². The lowest BCUT2D eigenvalue weighted by molar-refractivity contribution is -0.133. The van der Waals surface area contributed by atoms with E-state index in [0.717, 1.165) is 47.3 Å². The highest BCUT2D eigenvalue weighted by Crippen LogP contribution is 2.35. The number of likely N-dealkylation sites (tertiary alicyclic amines) is 1. The van der Waals surface area contributed by atoms with E-state index in [9.17, 15) is 9.59 Å². The first-order valence-corrected chi connectivity index (χ1v) is 17.3. The van der Waals surface area contributed by atoms with Crippen molar-refractivity contribution in [2.24, 2.45) is 5.41 Å². The van der Waals surface area contributed by atoms with Gasteiger partial charge in [-0.15, -0.1) is 6.58 Å². The molecule has 2 amide bonds. The third-order valence-corrected chi connectivity index (χ3v) is 9.14. The Morgan fingerprint density at radius 1 is 1.12 bits per heavy atom. The normalized spacial score (nSPS) is 17.3. The molecule has 0 bridgehead atoms. The Balaban J connectivity index is 1.33. The second-order valence-corrected chi connectivity index (χ2v) is 12.5. The molecule has 4 rings (SSSR count). The van der Waals surface area contributed by atoms with Gasteiger partial charge in [0, 0.05) is 92.8 Å². The molecular formula is C39H51N9O2. The molecule has 0 saturated carbocycles. The maximum absolute atomic E-state index is 13.9. The number of carbonyl (C=O) groups excluding carboxylic acids is 2. The predicted molar refractivity (Wildman–Crippen MR) is 199 cm³/mol. The first-order chi connectivity index (χ1) is 24.2. The van der Waals surface area contributed by atoms with Gasteiger partial charge in [0.15, 0.2) is 0 Å². The van der Waals surface area contributed by atoms with Gasteiger partial charge >= 0.3 is 0 Å². The number of amides is 2. The molecule has 11 heteroatoms. The molecule has 3 aromatic heterocycles. The average Bonchev–Trinajstić information content (AvgIpc) is 3.71. The second kappa shape index (κ2) is 18.6. The minimum absolute atomic E-state index is 0.0779. The lowest BCUT2D eigenvalue weighted by Crippen LogP contribution is -2.45. The van der Waals surface area contributed by atoms with E-state index in [1.807, 2.05) is 50.0 Å². The van der Waals surface area contributed by atoms with Crippen molar-refractivity contribution in [1.82, 2.24) is 45.2 Å². The molecule has 1 unspecified atom stereocenters. The molecule has 1 fully saturated rings. The van der Waals surface area contributed by atoms with E-state index in [0.29, 0.717) is 50.1 Å². The molecule has 3 aromatic rings. The largest absolute Gasteiger partial charge is 0.375 e. The van der Waals surface area contributed by atoms with Gasteiger partial charge in [0.25, 0.3) is 0 Å². The molecule has 0 aromatic carbocycles. The third kappa shape index (κ3) is 9.94. The maximum Gasteiger partial charge on any atom is 0.236 e. The summed E-state index contributed by atoms with van der Waals surface area (Å²) in [4.78, 5) is 46.2. The van der Waals surface area contributed by atoms with Gasteiger partial charge in [-0.25, -0.2) is 0 Å². The fourth-order valence-corrected chi connectivity index (χ4v) is 6.25. The number of pyridine rings is 1. The Kier molecular flexibility index (Phi) is 14.0. The summed E-state index contributed by atoms with van der Waals surface area (Å²) in [5, 5.41) is 12.0. The molecule has 1 aliphatic heterocycles. The van der Waals surface area contributed by atoms with Crippen LogP contribution in [-0.4, -0.2) is 98.0 Å². The Bertz CT molecular complexity index is 1780. The molecule has 1 saturated heterocycles. The lowest BCUT2D eigenvalue weighted by Gasteiger charge is -2.29. The van der Waals surface area contributed by atoms with Gasteiger partial charge in [0.05, 0.1) is 23.0 Å². The quantitative estimate of drug-likeness (QED) is 0.164. The molecule has 0 aliphatic carbocycles. The number of nitrogens with one attached hydrogen (secondary N) is 2. The molecule has 4 heterocycles. The van der Waals surface area contributed by atoms with E-state index in [2.05, 4.69) is 78.7 Å². The number of carbonyl (C=O) groups is 2. The summed E-state index contributed by atoms with van der Waals surface area (Å²) < 4.78 is 0. The number of hydrogen-bond acceptors (Lipinski definition) is 8. The molecule has 0 radical (unpaired) electrons. The summed E-state index contributed by atoms with van der Waals surface area (Å²) in [5.74, 6) is -0.00804. The van der Waals surface area contributed by atoms with Crippen molar-refractivity contribution in [2.45, 2.75) is 46.5 Å². The highest BCUT2D eigenvalue weighted by atomic mass is 16.2. The second-order valence-electron chi connectivity index (χ2n) is 12.5. The van der Waals surface area contributed by atoms with Gasteiger partial charge in [-0.1, -0.05) is 30.9 Å². The maximum atomic E-state index is 13.9. The zero-order valence-electron chi connectivity index (χ0n) is 29.9. The van der Waals surface area contributed by atoms with Crippen molar-refractivity contribution in [3.8, 4) is 11.3 Å². The summed E-state index contributed by atoms with van der Waals surface area (Å²) in [5.41, 5.74) is 3.63. The molecule has 1 aliphatic rings. The van der Waals surface area contributed by atoms with Crippen LogP contribution in [0.1, 0.15) is 45.7 Å². The smallest absolute Gasteiger partial charge is 0.236 e. The van der Waals surface area contributed by atoms with Crippen LogP contribution in [0.15, 0.2) is 91.5 Å². The van der Waals surface area contributed by atoms with Gasteiger partial charge in [0.1, 0.15) is 5.69 Å². The van der Waals surface area contributed by atoms with E-state index in [4.69, 9.17) is 0 Å². The first kappa shape index (κ1) is 37.7. The van der Waals surface area contributed by atoms with E-state index in [-0.39, 0.29) is 18.4 Å². The molecule has 0 spiro atoms. The highest BCUT2D eigenvalue weighted by molar-refractivity contribution is 5.87. The van der Waals surface area contributed by atoms with Crippen molar-refractivity contribution >= 4 is 24.5 Å². The number of allylic oxidation sites excluding steroid dienone is 6. The lowest BCUT2D eigenvalue weighted by atomic mass is 9.82. The van der Waals surface area contributed by atoms with Crippen LogP contribution >= 0.6 is 0 Å². The van der Waals surface area contributed by atoms with Gasteiger partial charge < -0.3 is 15.1 Å². The van der Waals surface area contributed by atoms with E-state index in [1.165, 1.54) is 0 Å². The summed E-state index contributed by atoms with van der Waals surface area (Å²) in [6.07, 6.45) is 23.1. The SMILES string of the molecule is C=CCC1(C(=O)NC(/C=c2/c(-c3ccncc3)n[nH]c2=C)=C/C)CCN(CC(=O)N(CC)CCCN(C)C(/C=C\Cc2cnccn2)=C/C)C1. The van der Waals surface area contributed by atoms with Gasteiger partial charge in [-0.05, 0) is 70.9 Å². The van der Waals surface area contributed by atoms with Crippen LogP contribution in [0.25, 0.3) is 23.9 Å². The minimum atomic E-state index is -0.689. The van der Waals surface area contributed by atoms with Crippen LogP contribution in [0.5, 0.6) is 0 Å². The van der Waals surface area contributed by atoms with Crippen molar-refractivity contribution in [2.75, 3.05) is 46.3 Å². The fraction of sp³-hybridized carbons (Fsp3) is 0.385. The Morgan fingerprint density at radius 3 is 2.60 bits per heavy atom. The molecule has 11 nitrogen and oxygen atoms in total. The predicted octanol–water partition coefficient (Wildman–Crippen LogP) is 3.61. The monoisotopic (exact) mass is 677 g/mol. The molecule has 2 N–H and O–H groups in total. The highest BCUT2D eigenvalue weighted by Gasteiger charge is 2.44. The average molecular weight is 678 g/mol. The number of hydrogen-bond donors (Lipinski definition) is 2. The zero-order chi connectivity index (χ0) is 35.9. The Morgan fingerprint density at radius 2 is 1.92 bits per heavy atom. The van der Waals surface area contributed by atoms with Crippen LogP contribution in [0.4, 0.5) is 0 Å². The van der Waals surface area contributed by atoms with Crippen LogP contribution in [0.3, 0.4) is 0 Å². The Hall–Kier alpha value is -5.16. The number of rotatable bonds is 17. The summed E-state index contributed by atoms with van der Waals surface area (Å²) in [7, 11) is 2.07. The number of H-pyrrole nitrogens is 1. The van der Waals surface area contributed by atoms with Crippen LogP contribution in [0.2, 0.25) is 0 Å². The standard InChI is InChI=1S/C39H51N9O2/c1-7-17-39(38(50)43-32(8-2)26-35-30(5)44-45-37(35)31-15-19-40-20-16-31)18-25-47(29-39)28-36(49)48(10-4)24-12-23-46(6)34(9-3)14-11-13-33-27-41-21-22-42-33/h7-9,11,14-16,19-22,26-27,44H,1,5,10,12-13,17-18,23-25,28-29H2,2-4,6H3,(H,43,50)/b14-11-,32-8+,34-9+,35-26+. The number of aromatic amines is 1. The minimum Gasteiger partial charge on any atom is -0.375 e. The van der Waals surface area contributed by atoms with Crippen LogP contribution in [-0.2, 0) is 16.0 Å². The van der Waals surface area contributed by atoms with Gasteiger partial charge in [-0.3, -0.25) is 34.5 Å². The van der Waals surface area contributed by atoms with Gasteiger partial charge in [0.2, 0.25) is 11.8 Å².